The molecule has 1 unspecified atom stereocenters. The molecule has 1 saturated heterocycles. The van der Waals surface area contributed by atoms with Crippen LogP contribution in [0.4, 0.5) is 10.3 Å². The summed E-state index contributed by atoms with van der Waals surface area (Å²) in [6.07, 6.45) is 2.15. The molecule has 5 heteroatoms. The van der Waals surface area contributed by atoms with Gasteiger partial charge in [-0.15, -0.1) is 0 Å². The second kappa shape index (κ2) is 5.82. The summed E-state index contributed by atoms with van der Waals surface area (Å²) in [6, 6.07) is 13.1. The second-order valence-electron chi connectivity index (χ2n) is 6.20. The zero-order chi connectivity index (χ0) is 16.7. The number of fused-ring (bicyclic) bond motifs is 1. The molecule has 0 N–H and O–H groups in total. The second-order valence-corrected chi connectivity index (χ2v) is 6.20. The maximum absolute atomic E-state index is 13.6. The van der Waals surface area contributed by atoms with E-state index in [9.17, 15) is 4.39 Å². The van der Waals surface area contributed by atoms with E-state index in [0.717, 1.165) is 42.1 Å². The van der Waals surface area contributed by atoms with Gasteiger partial charge in [-0.2, -0.15) is 0 Å². The monoisotopic (exact) mass is 325 g/mol. The number of ether oxygens (including phenoxy) is 1. The van der Waals surface area contributed by atoms with Gasteiger partial charge in [-0.25, -0.2) is 9.37 Å². The number of methoxy groups -OCH3 is 1. The molecule has 1 atom stereocenters. The summed E-state index contributed by atoms with van der Waals surface area (Å²) >= 11 is 0. The fourth-order valence-electron chi connectivity index (χ4n) is 3.68. The lowest BCUT2D eigenvalue weighted by Crippen LogP contribution is -2.25. The summed E-state index contributed by atoms with van der Waals surface area (Å²) in [7, 11) is 3.65. The van der Waals surface area contributed by atoms with Crippen LogP contribution < -0.4 is 9.64 Å². The van der Waals surface area contributed by atoms with Gasteiger partial charge >= 0.3 is 0 Å². The first-order valence-electron chi connectivity index (χ1n) is 8.20. The molecule has 0 aliphatic carbocycles. The van der Waals surface area contributed by atoms with Gasteiger partial charge in [0.1, 0.15) is 11.6 Å². The molecule has 2 heterocycles. The maximum Gasteiger partial charge on any atom is 0.206 e. The van der Waals surface area contributed by atoms with Gasteiger partial charge < -0.3 is 14.2 Å². The van der Waals surface area contributed by atoms with Gasteiger partial charge in [0.25, 0.3) is 0 Å². The Bertz CT molecular complexity index is 889. The number of hydrogen-bond donors (Lipinski definition) is 0. The first-order valence-corrected chi connectivity index (χ1v) is 8.20. The summed E-state index contributed by atoms with van der Waals surface area (Å²) in [5.41, 5.74) is 2.81. The van der Waals surface area contributed by atoms with Crippen LogP contribution in [-0.4, -0.2) is 23.2 Å². The van der Waals surface area contributed by atoms with Crippen LogP contribution in [0.25, 0.3) is 11.0 Å². The smallest absolute Gasteiger partial charge is 0.206 e. The molecule has 3 aromatic rings. The highest BCUT2D eigenvalue weighted by Gasteiger charge is 2.31. The molecule has 124 valence electrons. The third kappa shape index (κ3) is 2.31. The predicted octanol–water partition coefficient (Wildman–Crippen LogP) is 4.06. The fourth-order valence-corrected chi connectivity index (χ4v) is 3.68. The summed E-state index contributed by atoms with van der Waals surface area (Å²) in [5.74, 6) is 1.54. The lowest BCUT2D eigenvalue weighted by molar-refractivity contribution is 0.405. The number of halogens is 1. The van der Waals surface area contributed by atoms with Crippen LogP contribution in [0.15, 0.2) is 42.5 Å². The molecule has 0 radical (unpaired) electrons. The van der Waals surface area contributed by atoms with Crippen molar-refractivity contribution in [2.24, 2.45) is 7.05 Å². The van der Waals surface area contributed by atoms with Gasteiger partial charge in [-0.3, -0.25) is 0 Å². The standard InChI is InChI=1S/C19H20FN3O/c1-22-17-12-13(20)9-10-15(17)21-19(22)23-11-5-7-16(23)14-6-3-4-8-18(14)24-2/h3-4,6,8-10,12,16H,5,7,11H2,1-2H3. The first kappa shape index (κ1) is 15.0. The lowest BCUT2D eigenvalue weighted by Gasteiger charge is -2.27. The number of aromatic nitrogens is 2. The molecule has 0 amide bonds. The van der Waals surface area contributed by atoms with Crippen molar-refractivity contribution in [3.05, 3.63) is 53.8 Å². The minimum absolute atomic E-state index is 0.224. The first-order chi connectivity index (χ1) is 11.7. The van der Waals surface area contributed by atoms with Crippen molar-refractivity contribution >= 4 is 17.0 Å². The number of hydrogen-bond acceptors (Lipinski definition) is 3. The zero-order valence-electron chi connectivity index (χ0n) is 13.9. The molecule has 1 aromatic heterocycles. The molecular formula is C19H20FN3O. The number of nitrogens with zero attached hydrogens (tertiary/aromatic N) is 3. The van der Waals surface area contributed by atoms with E-state index in [1.165, 1.54) is 11.6 Å². The summed E-state index contributed by atoms with van der Waals surface area (Å²) in [6.45, 7) is 0.933. The molecule has 0 bridgehead atoms. The van der Waals surface area contributed by atoms with E-state index in [1.807, 2.05) is 29.8 Å². The maximum atomic E-state index is 13.6. The van der Waals surface area contributed by atoms with E-state index in [2.05, 4.69) is 11.0 Å². The number of imidazole rings is 1. The number of rotatable bonds is 3. The Morgan fingerprint density at radius 1 is 1.21 bits per heavy atom. The van der Waals surface area contributed by atoms with Gasteiger partial charge in [0, 0.05) is 19.2 Å². The molecule has 0 spiro atoms. The van der Waals surface area contributed by atoms with Crippen LogP contribution >= 0.6 is 0 Å². The lowest BCUT2D eigenvalue weighted by atomic mass is 10.0. The van der Waals surface area contributed by atoms with Crippen molar-refractivity contribution in [3.63, 3.8) is 0 Å². The van der Waals surface area contributed by atoms with E-state index in [1.54, 1.807) is 19.2 Å². The highest BCUT2D eigenvalue weighted by molar-refractivity contribution is 5.79. The fraction of sp³-hybridized carbons (Fsp3) is 0.316. The highest BCUT2D eigenvalue weighted by Crippen LogP contribution is 2.40. The van der Waals surface area contributed by atoms with Crippen LogP contribution in [0.2, 0.25) is 0 Å². The molecule has 4 nitrogen and oxygen atoms in total. The van der Waals surface area contributed by atoms with Crippen LogP contribution in [0, 0.1) is 5.82 Å². The number of aryl methyl sites for hydroxylation is 1. The normalized spacial score (nSPS) is 17.6. The topological polar surface area (TPSA) is 30.3 Å². The van der Waals surface area contributed by atoms with Gasteiger partial charge in [0.15, 0.2) is 0 Å². The largest absolute Gasteiger partial charge is 0.496 e. The Labute approximate surface area is 140 Å². The summed E-state index contributed by atoms with van der Waals surface area (Å²) < 4.78 is 21.1. The Morgan fingerprint density at radius 2 is 2.04 bits per heavy atom. The van der Waals surface area contributed by atoms with Crippen LogP contribution in [0.3, 0.4) is 0 Å². The number of anilines is 1. The quantitative estimate of drug-likeness (QED) is 0.727. The number of para-hydroxylation sites is 1. The Hall–Kier alpha value is -2.56. The predicted molar refractivity (Wildman–Crippen MR) is 93.0 cm³/mol. The minimum Gasteiger partial charge on any atom is -0.496 e. The number of benzene rings is 2. The van der Waals surface area contributed by atoms with Crippen LogP contribution in [-0.2, 0) is 7.05 Å². The van der Waals surface area contributed by atoms with Crippen LogP contribution in [0.1, 0.15) is 24.4 Å². The van der Waals surface area contributed by atoms with E-state index < -0.39 is 0 Å². The average Bonchev–Trinajstić information content (AvgIpc) is 3.20. The van der Waals surface area contributed by atoms with Crippen molar-refractivity contribution in [1.82, 2.24) is 9.55 Å². The Morgan fingerprint density at radius 3 is 2.88 bits per heavy atom. The van der Waals surface area contributed by atoms with E-state index in [4.69, 9.17) is 9.72 Å². The Balaban J connectivity index is 1.79. The van der Waals surface area contributed by atoms with E-state index in [0.29, 0.717) is 0 Å². The van der Waals surface area contributed by atoms with Crippen molar-refractivity contribution in [3.8, 4) is 5.75 Å². The third-order valence-corrected chi connectivity index (χ3v) is 4.83. The van der Waals surface area contributed by atoms with Crippen molar-refractivity contribution < 1.29 is 9.13 Å². The van der Waals surface area contributed by atoms with Crippen molar-refractivity contribution in [2.75, 3.05) is 18.6 Å². The average molecular weight is 325 g/mol. The molecule has 4 rings (SSSR count). The zero-order valence-corrected chi connectivity index (χ0v) is 13.9. The molecule has 1 aliphatic rings. The highest BCUT2D eigenvalue weighted by atomic mass is 19.1. The Kier molecular flexibility index (Phi) is 3.63. The van der Waals surface area contributed by atoms with Gasteiger partial charge in [-0.1, -0.05) is 18.2 Å². The minimum atomic E-state index is -0.236. The van der Waals surface area contributed by atoms with Crippen LogP contribution in [0.5, 0.6) is 5.75 Å². The summed E-state index contributed by atoms with van der Waals surface area (Å²) in [4.78, 5) is 7.05. The van der Waals surface area contributed by atoms with Gasteiger partial charge in [0.05, 0.1) is 24.2 Å². The third-order valence-electron chi connectivity index (χ3n) is 4.83. The van der Waals surface area contributed by atoms with Crippen molar-refractivity contribution in [1.29, 1.82) is 0 Å². The molecule has 24 heavy (non-hydrogen) atoms. The summed E-state index contributed by atoms with van der Waals surface area (Å²) in [5, 5.41) is 0. The molecular weight excluding hydrogens is 305 g/mol. The van der Waals surface area contributed by atoms with Crippen molar-refractivity contribution in [2.45, 2.75) is 18.9 Å². The van der Waals surface area contributed by atoms with E-state index in [-0.39, 0.29) is 11.9 Å². The SMILES string of the molecule is COc1ccccc1C1CCCN1c1nc2ccc(F)cc2n1C. The van der Waals surface area contributed by atoms with Gasteiger partial charge in [0.2, 0.25) is 5.95 Å². The van der Waals surface area contributed by atoms with E-state index >= 15 is 0 Å². The molecule has 2 aromatic carbocycles. The molecule has 1 fully saturated rings. The molecule has 1 aliphatic heterocycles. The molecule has 0 saturated carbocycles. The van der Waals surface area contributed by atoms with Gasteiger partial charge in [-0.05, 0) is 37.1 Å².